The predicted molar refractivity (Wildman–Crippen MR) is 88.0 cm³/mol. The van der Waals surface area contributed by atoms with Gasteiger partial charge >= 0.3 is 0 Å². The van der Waals surface area contributed by atoms with Gasteiger partial charge in [-0.05, 0) is 24.6 Å². The lowest BCUT2D eigenvalue weighted by Gasteiger charge is -2.18. The van der Waals surface area contributed by atoms with E-state index in [2.05, 4.69) is 24.0 Å². The summed E-state index contributed by atoms with van der Waals surface area (Å²) in [6, 6.07) is 6.45. The third-order valence-electron chi connectivity index (χ3n) is 4.07. The van der Waals surface area contributed by atoms with E-state index in [0.717, 1.165) is 12.2 Å². The van der Waals surface area contributed by atoms with Gasteiger partial charge in [-0.15, -0.1) is 10.2 Å². The first-order valence-corrected chi connectivity index (χ1v) is 9.36. The Hall–Kier alpha value is -1.44. The maximum absolute atomic E-state index is 12.7. The van der Waals surface area contributed by atoms with Gasteiger partial charge in [-0.1, -0.05) is 31.5 Å². The summed E-state index contributed by atoms with van der Waals surface area (Å²) < 4.78 is 29.0. The van der Waals surface area contributed by atoms with Crippen molar-refractivity contribution in [2.24, 2.45) is 0 Å². The summed E-state index contributed by atoms with van der Waals surface area (Å²) in [7, 11) is -3.52. The Kier molecular flexibility index (Phi) is 4.44. The molecule has 23 heavy (non-hydrogen) atoms. The molecule has 0 amide bonds. The van der Waals surface area contributed by atoms with Crippen LogP contribution in [0.4, 0.5) is 0 Å². The summed E-state index contributed by atoms with van der Waals surface area (Å²) >= 11 is 5.92. The van der Waals surface area contributed by atoms with Crippen LogP contribution in [0.15, 0.2) is 35.5 Å². The second-order valence-electron chi connectivity index (χ2n) is 6.01. The van der Waals surface area contributed by atoms with E-state index in [0.29, 0.717) is 18.1 Å². The summed E-state index contributed by atoms with van der Waals surface area (Å²) in [5, 5.41) is 8.54. The van der Waals surface area contributed by atoms with E-state index in [4.69, 9.17) is 11.6 Å². The van der Waals surface area contributed by atoms with Crippen LogP contribution < -0.4 is 0 Å². The molecular formula is C15H19ClN4O2S. The highest BCUT2D eigenvalue weighted by Gasteiger charge is 2.34. The molecule has 1 saturated heterocycles. The number of aromatic nitrogens is 3. The number of halogens is 1. The van der Waals surface area contributed by atoms with Crippen LogP contribution in [0.3, 0.4) is 0 Å². The minimum atomic E-state index is -3.52. The standard InChI is InChI=1S/C15H19ClN4O2S/c1-11(2)15-18-17-10-20(15)13-6-7-19(9-13)23(21,22)14-5-3-4-12(16)8-14/h3-5,8,10-11,13H,6-7,9H2,1-2H3. The van der Waals surface area contributed by atoms with Crippen molar-refractivity contribution < 1.29 is 8.42 Å². The molecule has 8 heteroatoms. The van der Waals surface area contributed by atoms with Crippen molar-refractivity contribution in [2.75, 3.05) is 13.1 Å². The van der Waals surface area contributed by atoms with Gasteiger partial charge in [-0.25, -0.2) is 8.42 Å². The van der Waals surface area contributed by atoms with Gasteiger partial charge < -0.3 is 4.57 Å². The van der Waals surface area contributed by atoms with Crippen molar-refractivity contribution >= 4 is 21.6 Å². The molecule has 1 aromatic heterocycles. The average Bonchev–Trinajstić information content (AvgIpc) is 3.16. The molecule has 0 aliphatic carbocycles. The molecule has 1 aromatic carbocycles. The molecule has 1 aliphatic heterocycles. The molecule has 0 saturated carbocycles. The smallest absolute Gasteiger partial charge is 0.243 e. The molecule has 2 heterocycles. The summed E-state index contributed by atoms with van der Waals surface area (Å²) in [6.45, 7) is 5.01. The van der Waals surface area contributed by atoms with Crippen LogP contribution in [0.1, 0.15) is 38.1 Å². The molecule has 0 radical (unpaired) electrons. The van der Waals surface area contributed by atoms with E-state index in [1.54, 1.807) is 24.5 Å². The van der Waals surface area contributed by atoms with E-state index < -0.39 is 10.0 Å². The Bertz CT molecular complexity index is 803. The van der Waals surface area contributed by atoms with Crippen LogP contribution in [0.2, 0.25) is 5.02 Å². The molecule has 0 N–H and O–H groups in total. The molecule has 0 bridgehead atoms. The zero-order chi connectivity index (χ0) is 16.6. The summed E-state index contributed by atoms with van der Waals surface area (Å²) in [5.74, 6) is 1.13. The van der Waals surface area contributed by atoms with Gasteiger partial charge in [0.2, 0.25) is 10.0 Å². The van der Waals surface area contributed by atoms with Crippen molar-refractivity contribution in [2.45, 2.75) is 37.1 Å². The summed E-state index contributed by atoms with van der Waals surface area (Å²) in [5.41, 5.74) is 0. The highest BCUT2D eigenvalue weighted by atomic mass is 35.5. The summed E-state index contributed by atoms with van der Waals surface area (Å²) in [4.78, 5) is 0.235. The molecule has 2 aromatic rings. The third kappa shape index (κ3) is 3.13. The second-order valence-corrected chi connectivity index (χ2v) is 8.39. The Balaban J connectivity index is 1.83. The molecule has 1 unspecified atom stereocenters. The van der Waals surface area contributed by atoms with E-state index in [1.807, 2.05) is 4.57 Å². The quantitative estimate of drug-likeness (QED) is 0.846. The largest absolute Gasteiger partial charge is 0.313 e. The molecule has 1 atom stereocenters. The zero-order valence-corrected chi connectivity index (χ0v) is 14.6. The number of rotatable bonds is 4. The first-order chi connectivity index (χ1) is 10.9. The van der Waals surface area contributed by atoms with Crippen molar-refractivity contribution in [3.05, 3.63) is 41.4 Å². The minimum Gasteiger partial charge on any atom is -0.313 e. The van der Waals surface area contributed by atoms with Crippen LogP contribution in [0.5, 0.6) is 0 Å². The van der Waals surface area contributed by atoms with Gasteiger partial charge in [0.1, 0.15) is 12.2 Å². The SMILES string of the molecule is CC(C)c1nncn1C1CCN(S(=O)(=O)c2cccc(Cl)c2)C1. The lowest BCUT2D eigenvalue weighted by atomic mass is 10.2. The molecule has 1 aliphatic rings. The fourth-order valence-electron chi connectivity index (χ4n) is 2.88. The number of nitrogens with zero attached hydrogens (tertiary/aromatic N) is 4. The number of benzene rings is 1. The topological polar surface area (TPSA) is 68.1 Å². The van der Waals surface area contributed by atoms with Crippen molar-refractivity contribution in [3.63, 3.8) is 0 Å². The molecular weight excluding hydrogens is 336 g/mol. The monoisotopic (exact) mass is 354 g/mol. The normalized spacial score (nSPS) is 19.6. The molecule has 6 nitrogen and oxygen atoms in total. The lowest BCUT2D eigenvalue weighted by molar-refractivity contribution is 0.443. The summed E-state index contributed by atoms with van der Waals surface area (Å²) in [6.07, 6.45) is 2.44. The first-order valence-electron chi connectivity index (χ1n) is 7.54. The minimum absolute atomic E-state index is 0.0661. The third-order valence-corrected chi connectivity index (χ3v) is 6.17. The Morgan fingerprint density at radius 3 is 2.83 bits per heavy atom. The van der Waals surface area contributed by atoms with Crippen molar-refractivity contribution in [3.8, 4) is 0 Å². The van der Waals surface area contributed by atoms with Crippen LogP contribution in [0.25, 0.3) is 0 Å². The maximum atomic E-state index is 12.7. The molecule has 124 valence electrons. The molecule has 0 spiro atoms. The van der Waals surface area contributed by atoms with Crippen LogP contribution >= 0.6 is 11.6 Å². The fourth-order valence-corrected chi connectivity index (χ4v) is 4.67. The highest BCUT2D eigenvalue weighted by molar-refractivity contribution is 7.89. The average molecular weight is 355 g/mol. The van der Waals surface area contributed by atoms with Crippen molar-refractivity contribution in [1.82, 2.24) is 19.1 Å². The van der Waals surface area contributed by atoms with Gasteiger partial charge in [0.05, 0.1) is 10.9 Å². The number of hydrogen-bond donors (Lipinski definition) is 0. The maximum Gasteiger partial charge on any atom is 0.243 e. The Labute approximate surface area is 141 Å². The van der Waals surface area contributed by atoms with Gasteiger partial charge in [0.15, 0.2) is 0 Å². The highest BCUT2D eigenvalue weighted by Crippen LogP contribution is 2.29. The van der Waals surface area contributed by atoms with Gasteiger partial charge in [-0.2, -0.15) is 4.31 Å². The van der Waals surface area contributed by atoms with E-state index in [1.165, 1.54) is 10.4 Å². The van der Waals surface area contributed by atoms with E-state index in [9.17, 15) is 8.42 Å². The fraction of sp³-hybridized carbons (Fsp3) is 0.467. The lowest BCUT2D eigenvalue weighted by Crippen LogP contribution is -2.29. The van der Waals surface area contributed by atoms with Gasteiger partial charge in [-0.3, -0.25) is 0 Å². The van der Waals surface area contributed by atoms with E-state index in [-0.39, 0.29) is 16.9 Å². The number of hydrogen-bond acceptors (Lipinski definition) is 4. The molecule has 1 fully saturated rings. The predicted octanol–water partition coefficient (Wildman–Crippen LogP) is 2.69. The van der Waals surface area contributed by atoms with Crippen LogP contribution in [-0.4, -0.2) is 40.6 Å². The van der Waals surface area contributed by atoms with E-state index >= 15 is 0 Å². The Morgan fingerprint density at radius 1 is 1.35 bits per heavy atom. The zero-order valence-electron chi connectivity index (χ0n) is 13.1. The first kappa shape index (κ1) is 16.4. The van der Waals surface area contributed by atoms with Crippen LogP contribution in [0, 0.1) is 0 Å². The van der Waals surface area contributed by atoms with Gasteiger partial charge in [0, 0.05) is 24.0 Å². The molecule has 3 rings (SSSR count). The Morgan fingerprint density at radius 2 is 2.13 bits per heavy atom. The second kappa shape index (κ2) is 6.22. The van der Waals surface area contributed by atoms with Crippen molar-refractivity contribution in [1.29, 1.82) is 0 Å². The van der Waals surface area contributed by atoms with Crippen LogP contribution in [-0.2, 0) is 10.0 Å². The number of sulfonamides is 1. The van der Waals surface area contributed by atoms with Gasteiger partial charge in [0.25, 0.3) is 0 Å².